The molecule has 0 bridgehead atoms. The number of piperazine rings is 1. The van der Waals surface area contributed by atoms with Crippen LogP contribution in [0.1, 0.15) is 35.5 Å². The number of halogens is 1. The van der Waals surface area contributed by atoms with E-state index in [1.54, 1.807) is 30.4 Å². The molecule has 1 fully saturated rings. The van der Waals surface area contributed by atoms with Crippen LogP contribution in [0.15, 0.2) is 59.1 Å². The minimum Gasteiger partial charge on any atom is -0.395 e. The van der Waals surface area contributed by atoms with Gasteiger partial charge in [0, 0.05) is 73.9 Å². The van der Waals surface area contributed by atoms with E-state index in [4.69, 9.17) is 10.1 Å². The van der Waals surface area contributed by atoms with Gasteiger partial charge in [-0.05, 0) is 49.7 Å². The number of β-amino-alcohol motifs (C(OH)–C–C–N with tert-alkyl or cyclic N) is 1. The summed E-state index contributed by atoms with van der Waals surface area (Å²) in [7, 11) is 0. The van der Waals surface area contributed by atoms with Crippen LogP contribution in [-0.2, 0) is 13.1 Å². The zero-order valence-electron chi connectivity index (χ0n) is 22.2. The first kappa shape index (κ1) is 27.1. The summed E-state index contributed by atoms with van der Waals surface area (Å²) in [6.45, 7) is 10.1. The number of fused-ring (bicyclic) bond motifs is 1. The molecule has 0 atom stereocenters. The number of rotatable bonds is 9. The number of nitrogens with one attached hydrogen (secondary N) is 1. The Kier molecular flexibility index (Phi) is 8.47. The summed E-state index contributed by atoms with van der Waals surface area (Å²) >= 11 is 1.61. The number of thiazole rings is 1. The van der Waals surface area contributed by atoms with Crippen LogP contribution in [0.5, 0.6) is 0 Å². The van der Waals surface area contributed by atoms with Crippen molar-refractivity contribution in [2.24, 2.45) is 5.10 Å². The molecule has 10 heteroatoms. The standard InChI is InChI=1S/C29H33FN6O2S/c1-3-36-18-26(28(38)33-32-20(2)21-4-7-23(30)8-5-21)25-16-22(6-9-27(25)36)29-31-24(19-39-29)17-35-12-10-34(11-13-35)14-15-37/h4-9,16,18-19,37H,3,10-15,17H2,1-2H3,(H,33,38)/b32-20+. The lowest BCUT2D eigenvalue weighted by molar-refractivity contribution is 0.0956. The van der Waals surface area contributed by atoms with E-state index in [9.17, 15) is 9.18 Å². The summed E-state index contributed by atoms with van der Waals surface area (Å²) in [5.74, 6) is -0.617. The first-order valence-electron chi connectivity index (χ1n) is 13.2. The highest BCUT2D eigenvalue weighted by Crippen LogP contribution is 2.30. The van der Waals surface area contributed by atoms with Crippen molar-refractivity contribution in [1.82, 2.24) is 24.8 Å². The van der Waals surface area contributed by atoms with Gasteiger partial charge in [0.15, 0.2) is 0 Å². The molecule has 2 aromatic heterocycles. The molecule has 0 saturated carbocycles. The highest BCUT2D eigenvalue weighted by Gasteiger charge is 2.19. The lowest BCUT2D eigenvalue weighted by atomic mass is 10.1. The lowest BCUT2D eigenvalue weighted by Crippen LogP contribution is -2.46. The molecule has 4 aromatic rings. The zero-order valence-corrected chi connectivity index (χ0v) is 23.0. The predicted octanol–water partition coefficient (Wildman–Crippen LogP) is 4.19. The Bertz CT molecular complexity index is 1470. The van der Waals surface area contributed by atoms with Gasteiger partial charge >= 0.3 is 0 Å². The average Bonchev–Trinajstić information content (AvgIpc) is 3.57. The average molecular weight is 549 g/mol. The second-order valence-electron chi connectivity index (χ2n) is 9.69. The third-order valence-corrected chi connectivity index (χ3v) is 8.06. The maximum absolute atomic E-state index is 13.2. The minimum absolute atomic E-state index is 0.202. The molecular weight excluding hydrogens is 515 g/mol. The second-order valence-corrected chi connectivity index (χ2v) is 10.5. The van der Waals surface area contributed by atoms with Gasteiger partial charge in [-0.25, -0.2) is 14.8 Å². The molecule has 1 saturated heterocycles. The molecule has 39 heavy (non-hydrogen) atoms. The number of amides is 1. The number of aryl methyl sites for hydroxylation is 1. The lowest BCUT2D eigenvalue weighted by Gasteiger charge is -2.33. The van der Waals surface area contributed by atoms with E-state index < -0.39 is 0 Å². The largest absolute Gasteiger partial charge is 0.395 e. The number of aromatic nitrogens is 2. The van der Waals surface area contributed by atoms with Crippen molar-refractivity contribution in [2.75, 3.05) is 39.3 Å². The third-order valence-electron chi connectivity index (χ3n) is 7.12. The SMILES string of the molecule is CCn1cc(C(=O)N/N=C(\C)c2ccc(F)cc2)c2cc(-c3nc(CN4CCN(CCO)CC4)cs3)ccc21. The molecule has 3 heterocycles. The van der Waals surface area contributed by atoms with Gasteiger partial charge in [-0.3, -0.25) is 14.6 Å². The van der Waals surface area contributed by atoms with Crippen molar-refractivity contribution in [3.8, 4) is 10.6 Å². The molecule has 204 valence electrons. The number of aliphatic hydroxyl groups is 1. The molecule has 0 unspecified atom stereocenters. The van der Waals surface area contributed by atoms with E-state index in [2.05, 4.69) is 31.8 Å². The van der Waals surface area contributed by atoms with Crippen molar-refractivity contribution in [1.29, 1.82) is 0 Å². The molecule has 2 aromatic carbocycles. The Balaban J connectivity index is 1.33. The smallest absolute Gasteiger partial charge is 0.273 e. The Morgan fingerprint density at radius 2 is 1.87 bits per heavy atom. The monoisotopic (exact) mass is 548 g/mol. The van der Waals surface area contributed by atoms with E-state index >= 15 is 0 Å². The molecule has 0 aliphatic carbocycles. The summed E-state index contributed by atoms with van der Waals surface area (Å²) in [6, 6.07) is 12.1. The highest BCUT2D eigenvalue weighted by molar-refractivity contribution is 7.13. The van der Waals surface area contributed by atoms with Crippen LogP contribution in [0.4, 0.5) is 4.39 Å². The Hall–Kier alpha value is -3.44. The Morgan fingerprint density at radius 1 is 1.13 bits per heavy atom. The summed E-state index contributed by atoms with van der Waals surface area (Å²) in [5.41, 5.74) is 7.53. The fraction of sp³-hybridized carbons (Fsp3) is 0.345. The van der Waals surface area contributed by atoms with Crippen molar-refractivity contribution in [3.63, 3.8) is 0 Å². The van der Waals surface area contributed by atoms with Crippen LogP contribution in [0.3, 0.4) is 0 Å². The van der Waals surface area contributed by atoms with Crippen LogP contribution in [0, 0.1) is 5.82 Å². The van der Waals surface area contributed by atoms with E-state index in [0.29, 0.717) is 11.3 Å². The van der Waals surface area contributed by atoms with Gasteiger partial charge in [-0.1, -0.05) is 12.1 Å². The van der Waals surface area contributed by atoms with Gasteiger partial charge in [-0.15, -0.1) is 11.3 Å². The number of hydrazone groups is 1. The molecule has 2 N–H and O–H groups in total. The van der Waals surface area contributed by atoms with E-state index in [0.717, 1.165) is 78.5 Å². The summed E-state index contributed by atoms with van der Waals surface area (Å²) < 4.78 is 15.3. The summed E-state index contributed by atoms with van der Waals surface area (Å²) in [5, 5.41) is 17.3. The van der Waals surface area contributed by atoms with E-state index in [1.807, 2.05) is 29.8 Å². The van der Waals surface area contributed by atoms with Crippen molar-refractivity contribution in [3.05, 3.63) is 76.7 Å². The fourth-order valence-electron chi connectivity index (χ4n) is 4.88. The molecule has 1 aliphatic heterocycles. The van der Waals surface area contributed by atoms with Crippen molar-refractivity contribution in [2.45, 2.75) is 26.9 Å². The van der Waals surface area contributed by atoms with Crippen LogP contribution in [0.2, 0.25) is 0 Å². The first-order valence-corrected chi connectivity index (χ1v) is 14.1. The predicted molar refractivity (Wildman–Crippen MR) is 154 cm³/mol. The number of hydrogen-bond acceptors (Lipinski definition) is 7. The number of aliphatic hydroxyl groups excluding tert-OH is 1. The number of nitrogens with zero attached hydrogens (tertiary/aromatic N) is 5. The minimum atomic E-state index is -0.316. The van der Waals surface area contributed by atoms with Gasteiger partial charge in [0.1, 0.15) is 10.8 Å². The molecule has 8 nitrogen and oxygen atoms in total. The third kappa shape index (κ3) is 6.25. The van der Waals surface area contributed by atoms with Crippen LogP contribution < -0.4 is 5.43 Å². The Morgan fingerprint density at radius 3 is 2.59 bits per heavy atom. The van der Waals surface area contributed by atoms with Gasteiger partial charge in [0.25, 0.3) is 5.91 Å². The summed E-state index contributed by atoms with van der Waals surface area (Å²) in [4.78, 5) is 22.8. The normalized spacial score (nSPS) is 15.2. The maximum atomic E-state index is 13.2. The van der Waals surface area contributed by atoms with Gasteiger partial charge < -0.3 is 9.67 Å². The molecule has 0 radical (unpaired) electrons. The van der Waals surface area contributed by atoms with Crippen molar-refractivity contribution < 1.29 is 14.3 Å². The first-order chi connectivity index (χ1) is 18.9. The van der Waals surface area contributed by atoms with Crippen LogP contribution in [-0.4, -0.2) is 75.4 Å². The van der Waals surface area contributed by atoms with Crippen LogP contribution >= 0.6 is 11.3 Å². The molecular formula is C29H33FN6O2S. The van der Waals surface area contributed by atoms with E-state index in [-0.39, 0.29) is 18.3 Å². The molecule has 1 aliphatic rings. The van der Waals surface area contributed by atoms with E-state index in [1.165, 1.54) is 12.1 Å². The van der Waals surface area contributed by atoms with Gasteiger partial charge in [0.05, 0.1) is 23.6 Å². The fourth-order valence-corrected chi connectivity index (χ4v) is 5.68. The maximum Gasteiger partial charge on any atom is 0.273 e. The number of carbonyl (C=O) groups excluding carboxylic acids is 1. The molecule has 1 amide bonds. The molecule has 5 rings (SSSR count). The zero-order chi connectivity index (χ0) is 27.4. The topological polar surface area (TPSA) is 86.0 Å². The van der Waals surface area contributed by atoms with Gasteiger partial charge in [0.2, 0.25) is 0 Å². The Labute approximate surface area is 231 Å². The number of benzene rings is 2. The van der Waals surface area contributed by atoms with Crippen molar-refractivity contribution >= 4 is 33.9 Å². The second kappa shape index (κ2) is 12.2. The molecule has 0 spiro atoms. The van der Waals surface area contributed by atoms with Gasteiger partial charge in [-0.2, -0.15) is 5.10 Å². The highest BCUT2D eigenvalue weighted by atomic mass is 32.1. The summed E-state index contributed by atoms with van der Waals surface area (Å²) in [6.07, 6.45) is 1.86. The number of carbonyl (C=O) groups is 1. The quantitative estimate of drug-likeness (QED) is 0.242. The number of hydrogen-bond donors (Lipinski definition) is 2. The van der Waals surface area contributed by atoms with Crippen LogP contribution in [0.25, 0.3) is 21.5 Å².